The normalized spacial score (nSPS) is 10.2. The predicted octanol–water partition coefficient (Wildman–Crippen LogP) is 1.41. The maximum absolute atomic E-state index is 10.4. The summed E-state index contributed by atoms with van der Waals surface area (Å²) in [5.41, 5.74) is -0.741. The molecule has 1 aromatic heterocycles. The number of carboxylic acid groups (broad SMARTS) is 2. The standard InChI is InChI=1S/C7H5NO4.C6H6O3S/c9-6(10)4-2-1-3-8-5(4)7(11)12;7-10(8,9)6-4-2-1-3-5-6/h1-3H,(H,9,10)(H,11,12);1-5H,(H,7,8,9). The molecule has 0 bridgehead atoms. The Morgan fingerprint density at radius 3 is 1.86 bits per heavy atom. The van der Waals surface area contributed by atoms with E-state index in [1.165, 1.54) is 30.5 Å². The van der Waals surface area contributed by atoms with Gasteiger partial charge in [-0.05, 0) is 24.3 Å². The first-order valence-corrected chi connectivity index (χ1v) is 7.11. The Bertz CT molecular complexity index is 739. The SMILES string of the molecule is O=C(O)c1cccnc1C(=O)O.O=S(=O)(O)c1ccccc1. The molecule has 2 aromatic rings. The molecule has 8 nitrogen and oxygen atoms in total. The third kappa shape index (κ3) is 4.96. The number of hydrogen-bond acceptors (Lipinski definition) is 5. The zero-order valence-corrected chi connectivity index (χ0v) is 11.8. The van der Waals surface area contributed by atoms with Crippen molar-refractivity contribution in [3.63, 3.8) is 0 Å². The molecule has 0 atom stereocenters. The van der Waals surface area contributed by atoms with Crippen LogP contribution in [-0.2, 0) is 10.1 Å². The average molecular weight is 325 g/mol. The molecule has 0 aliphatic carbocycles. The number of hydrogen-bond donors (Lipinski definition) is 3. The van der Waals surface area contributed by atoms with Gasteiger partial charge in [-0.2, -0.15) is 8.42 Å². The first-order valence-electron chi connectivity index (χ1n) is 5.67. The lowest BCUT2D eigenvalue weighted by Gasteiger charge is -1.97. The van der Waals surface area contributed by atoms with Crippen molar-refractivity contribution in [3.05, 3.63) is 59.9 Å². The maximum Gasteiger partial charge on any atom is 0.355 e. The number of aromatic carboxylic acids is 2. The van der Waals surface area contributed by atoms with Gasteiger partial charge in [0.15, 0.2) is 5.69 Å². The number of rotatable bonds is 3. The highest BCUT2D eigenvalue weighted by Crippen LogP contribution is 2.05. The highest BCUT2D eigenvalue weighted by atomic mass is 32.2. The summed E-state index contributed by atoms with van der Waals surface area (Å²) in [5.74, 6) is -2.63. The predicted molar refractivity (Wildman–Crippen MR) is 74.4 cm³/mol. The summed E-state index contributed by atoms with van der Waals surface area (Å²) in [4.78, 5) is 24.2. The van der Waals surface area contributed by atoms with Crippen molar-refractivity contribution in [2.24, 2.45) is 0 Å². The Balaban J connectivity index is 0.000000224. The molecule has 0 aliphatic rings. The van der Waals surface area contributed by atoms with Crippen molar-refractivity contribution in [2.45, 2.75) is 4.90 Å². The lowest BCUT2D eigenvalue weighted by Crippen LogP contribution is -2.09. The molecule has 1 heterocycles. The molecule has 0 saturated heterocycles. The lowest BCUT2D eigenvalue weighted by atomic mass is 10.2. The van der Waals surface area contributed by atoms with Crippen LogP contribution in [-0.4, -0.2) is 40.1 Å². The molecule has 116 valence electrons. The minimum Gasteiger partial charge on any atom is -0.478 e. The van der Waals surface area contributed by atoms with Crippen LogP contribution in [0.5, 0.6) is 0 Å². The Morgan fingerprint density at radius 2 is 1.50 bits per heavy atom. The van der Waals surface area contributed by atoms with Crippen LogP contribution in [0.4, 0.5) is 0 Å². The Kier molecular flexibility index (Phi) is 5.72. The average Bonchev–Trinajstić information content (AvgIpc) is 2.48. The molecule has 22 heavy (non-hydrogen) atoms. The second-order valence-corrected chi connectivity index (χ2v) is 5.22. The van der Waals surface area contributed by atoms with Crippen molar-refractivity contribution < 1.29 is 32.8 Å². The van der Waals surface area contributed by atoms with E-state index in [1.54, 1.807) is 18.2 Å². The van der Waals surface area contributed by atoms with E-state index in [1.807, 2.05) is 0 Å². The monoisotopic (exact) mass is 325 g/mol. The van der Waals surface area contributed by atoms with Crippen molar-refractivity contribution in [3.8, 4) is 0 Å². The highest BCUT2D eigenvalue weighted by Gasteiger charge is 2.15. The minimum atomic E-state index is -4.00. The van der Waals surface area contributed by atoms with Crippen molar-refractivity contribution in [2.75, 3.05) is 0 Å². The van der Waals surface area contributed by atoms with Gasteiger partial charge in [0.05, 0.1) is 10.5 Å². The molecule has 0 fully saturated rings. The third-order valence-corrected chi connectivity index (χ3v) is 3.15. The van der Waals surface area contributed by atoms with Gasteiger partial charge in [0.25, 0.3) is 10.1 Å². The van der Waals surface area contributed by atoms with Crippen molar-refractivity contribution in [1.29, 1.82) is 0 Å². The molecule has 0 aliphatic heterocycles. The second-order valence-electron chi connectivity index (χ2n) is 3.80. The topological polar surface area (TPSA) is 142 Å². The highest BCUT2D eigenvalue weighted by molar-refractivity contribution is 7.85. The molecule has 0 unspecified atom stereocenters. The molecular formula is C13H11NO7S. The number of nitrogens with zero attached hydrogens (tertiary/aromatic N) is 1. The molecule has 3 N–H and O–H groups in total. The fraction of sp³-hybridized carbons (Fsp3) is 0. The van der Waals surface area contributed by atoms with Crippen LogP contribution >= 0.6 is 0 Å². The van der Waals surface area contributed by atoms with Crippen LogP contribution in [0.15, 0.2) is 53.6 Å². The van der Waals surface area contributed by atoms with E-state index in [0.29, 0.717) is 0 Å². The molecule has 2 rings (SSSR count). The fourth-order valence-corrected chi connectivity index (χ4v) is 1.84. The van der Waals surface area contributed by atoms with Gasteiger partial charge in [-0.25, -0.2) is 14.6 Å². The number of pyridine rings is 1. The quantitative estimate of drug-likeness (QED) is 0.719. The zero-order chi connectivity index (χ0) is 16.8. The molecule has 0 saturated carbocycles. The van der Waals surface area contributed by atoms with Crippen LogP contribution in [0.2, 0.25) is 0 Å². The summed E-state index contributed by atoms with van der Waals surface area (Å²) in [6, 6.07) is 9.99. The van der Waals surface area contributed by atoms with Gasteiger partial charge in [0.2, 0.25) is 0 Å². The van der Waals surface area contributed by atoms with Crippen molar-refractivity contribution in [1.82, 2.24) is 4.98 Å². The van der Waals surface area contributed by atoms with Gasteiger partial charge < -0.3 is 10.2 Å². The van der Waals surface area contributed by atoms with E-state index in [0.717, 1.165) is 0 Å². The first kappa shape index (κ1) is 17.3. The second kappa shape index (κ2) is 7.29. The summed E-state index contributed by atoms with van der Waals surface area (Å²) in [6.07, 6.45) is 1.23. The number of aromatic nitrogens is 1. The summed E-state index contributed by atoms with van der Waals surface area (Å²) in [5, 5.41) is 17.0. The van der Waals surface area contributed by atoms with Crippen molar-refractivity contribution >= 4 is 22.1 Å². The third-order valence-electron chi connectivity index (χ3n) is 2.28. The van der Waals surface area contributed by atoms with Crippen LogP contribution in [0, 0.1) is 0 Å². The summed E-state index contributed by atoms with van der Waals surface area (Å²) < 4.78 is 29.2. The Morgan fingerprint density at radius 1 is 0.909 bits per heavy atom. The molecule has 0 amide bonds. The molecule has 0 radical (unpaired) electrons. The number of benzene rings is 1. The number of carbonyl (C=O) groups is 2. The van der Waals surface area contributed by atoms with Gasteiger partial charge >= 0.3 is 11.9 Å². The molecule has 1 aromatic carbocycles. The Hall–Kier alpha value is -2.78. The van der Waals surface area contributed by atoms with Gasteiger partial charge in [-0.3, -0.25) is 4.55 Å². The summed E-state index contributed by atoms with van der Waals surface area (Å²) >= 11 is 0. The van der Waals surface area contributed by atoms with E-state index in [4.69, 9.17) is 14.8 Å². The largest absolute Gasteiger partial charge is 0.478 e. The van der Waals surface area contributed by atoms with Crippen LogP contribution in [0.25, 0.3) is 0 Å². The van der Waals surface area contributed by atoms with E-state index >= 15 is 0 Å². The number of carboxylic acids is 2. The summed E-state index contributed by atoms with van der Waals surface area (Å²) in [7, 11) is -4.00. The Labute approximate surface area is 125 Å². The van der Waals surface area contributed by atoms with Gasteiger partial charge in [0.1, 0.15) is 0 Å². The molecule has 9 heteroatoms. The van der Waals surface area contributed by atoms with Gasteiger partial charge in [0, 0.05) is 6.20 Å². The maximum atomic E-state index is 10.4. The van der Waals surface area contributed by atoms with E-state index in [-0.39, 0.29) is 10.5 Å². The van der Waals surface area contributed by atoms with Gasteiger partial charge in [-0.15, -0.1) is 0 Å². The molecule has 0 spiro atoms. The first-order chi connectivity index (χ1) is 10.2. The minimum absolute atomic E-state index is 0.0741. The van der Waals surface area contributed by atoms with Crippen LogP contribution in [0.3, 0.4) is 0 Å². The van der Waals surface area contributed by atoms with E-state index in [9.17, 15) is 18.0 Å². The fourth-order valence-electron chi connectivity index (χ4n) is 1.34. The van der Waals surface area contributed by atoms with Crippen LogP contribution in [0.1, 0.15) is 20.8 Å². The van der Waals surface area contributed by atoms with E-state index in [2.05, 4.69) is 4.98 Å². The van der Waals surface area contributed by atoms with E-state index < -0.39 is 27.8 Å². The summed E-state index contributed by atoms with van der Waals surface area (Å²) in [6.45, 7) is 0. The molecular weight excluding hydrogens is 314 g/mol. The van der Waals surface area contributed by atoms with Crippen LogP contribution < -0.4 is 0 Å². The van der Waals surface area contributed by atoms with Gasteiger partial charge in [-0.1, -0.05) is 18.2 Å². The lowest BCUT2D eigenvalue weighted by molar-refractivity contribution is 0.0646. The smallest absolute Gasteiger partial charge is 0.355 e. The zero-order valence-electron chi connectivity index (χ0n) is 10.9.